The molecule has 0 amide bonds. The lowest BCUT2D eigenvalue weighted by Gasteiger charge is -2.26. The van der Waals surface area contributed by atoms with E-state index < -0.39 is 0 Å². The zero-order valence-corrected chi connectivity index (χ0v) is 35.1. The highest BCUT2D eigenvalue weighted by Gasteiger charge is 2.19. The highest BCUT2D eigenvalue weighted by atomic mass is 32.1. The van der Waals surface area contributed by atoms with E-state index in [1.54, 1.807) is 0 Å². The SMILES string of the molecule is c1ccc(-n2c3cc(-c4ccc(N(c5ccc(-c6cccc7sc8ccccc8c67)cc5)c5ccc6ccc7ccccc7c6c5)cc4)ccc3c3ccc4ccccc4c32)cc1. The van der Waals surface area contributed by atoms with Gasteiger partial charge in [-0.3, -0.25) is 0 Å². The quantitative estimate of drug-likeness (QED) is 0.152. The fourth-order valence-electron chi connectivity index (χ4n) is 9.99. The molecule has 0 atom stereocenters. The second-order valence-corrected chi connectivity index (χ2v) is 17.6. The van der Waals surface area contributed by atoms with Gasteiger partial charge in [0.05, 0.1) is 11.0 Å². The van der Waals surface area contributed by atoms with Gasteiger partial charge in [0.1, 0.15) is 0 Å². The predicted octanol–water partition coefficient (Wildman–Crippen LogP) is 17.4. The van der Waals surface area contributed by atoms with E-state index in [-0.39, 0.29) is 0 Å². The van der Waals surface area contributed by atoms with Gasteiger partial charge in [0, 0.05) is 59.1 Å². The lowest BCUT2D eigenvalue weighted by molar-refractivity contribution is 1.19. The summed E-state index contributed by atoms with van der Waals surface area (Å²) in [6, 6.07) is 84.8. The number of para-hydroxylation sites is 1. The summed E-state index contributed by atoms with van der Waals surface area (Å²) in [5.74, 6) is 0. The molecule has 11 aromatic carbocycles. The minimum absolute atomic E-state index is 1.10. The van der Waals surface area contributed by atoms with Crippen molar-refractivity contribution >= 4 is 103 Å². The van der Waals surface area contributed by atoms with E-state index >= 15 is 0 Å². The standard InChI is InChI=1S/C60H38N2S/c1-2-13-45(14-3-1)62-56-37-44(29-35-52(56)53-36-28-41-12-5-7-16-51(41)60(53)62)39-23-30-46(31-24-39)61(48-34-27-43-22-21-40-11-4-6-15-49(40)55(43)38-48)47-32-25-42(26-33-47)50-18-10-20-58-59(50)54-17-8-9-19-57(54)63-58/h1-38H. The second kappa shape index (κ2) is 14.3. The molecule has 13 rings (SSSR count). The summed E-state index contributed by atoms with van der Waals surface area (Å²) in [5.41, 5.74) is 11.8. The maximum atomic E-state index is 2.45. The Labute approximate surface area is 368 Å². The summed E-state index contributed by atoms with van der Waals surface area (Å²) in [5, 5.41) is 12.6. The largest absolute Gasteiger partial charge is 0.310 e. The van der Waals surface area contributed by atoms with E-state index in [1.165, 1.54) is 96.5 Å². The number of benzene rings is 11. The van der Waals surface area contributed by atoms with Crippen molar-refractivity contribution in [1.82, 2.24) is 4.57 Å². The maximum Gasteiger partial charge on any atom is 0.0619 e. The molecule has 2 heterocycles. The number of thiophene rings is 1. The van der Waals surface area contributed by atoms with Gasteiger partial charge < -0.3 is 9.47 Å². The molecular weight excluding hydrogens is 781 g/mol. The van der Waals surface area contributed by atoms with Crippen LogP contribution in [0.3, 0.4) is 0 Å². The Balaban J connectivity index is 0.948. The molecule has 3 heteroatoms. The van der Waals surface area contributed by atoms with Crippen LogP contribution in [-0.4, -0.2) is 4.57 Å². The Morgan fingerprint density at radius 2 is 0.905 bits per heavy atom. The zero-order valence-electron chi connectivity index (χ0n) is 34.2. The lowest BCUT2D eigenvalue weighted by Crippen LogP contribution is -2.09. The molecule has 0 bridgehead atoms. The molecule has 0 N–H and O–H groups in total. The van der Waals surface area contributed by atoms with E-state index in [0.717, 1.165) is 22.7 Å². The third-order valence-corrected chi connectivity index (χ3v) is 14.1. The smallest absolute Gasteiger partial charge is 0.0619 e. The van der Waals surface area contributed by atoms with Crippen molar-refractivity contribution in [3.8, 4) is 27.9 Å². The average molecular weight is 819 g/mol. The van der Waals surface area contributed by atoms with Crippen molar-refractivity contribution < 1.29 is 0 Å². The Kier molecular flexibility index (Phi) is 8.12. The van der Waals surface area contributed by atoms with Crippen LogP contribution in [0.2, 0.25) is 0 Å². The van der Waals surface area contributed by atoms with Crippen molar-refractivity contribution in [2.75, 3.05) is 4.90 Å². The van der Waals surface area contributed by atoms with E-state index in [4.69, 9.17) is 0 Å². The van der Waals surface area contributed by atoms with Crippen LogP contribution in [0.1, 0.15) is 0 Å². The first-order chi connectivity index (χ1) is 31.2. The summed E-state index contributed by atoms with van der Waals surface area (Å²) in [6.07, 6.45) is 0. The molecule has 0 radical (unpaired) electrons. The summed E-state index contributed by atoms with van der Waals surface area (Å²) < 4.78 is 5.08. The van der Waals surface area contributed by atoms with E-state index in [1.807, 2.05) is 11.3 Å². The van der Waals surface area contributed by atoms with Crippen LogP contribution in [-0.2, 0) is 0 Å². The van der Waals surface area contributed by atoms with Crippen LogP contribution < -0.4 is 4.90 Å². The first-order valence-electron chi connectivity index (χ1n) is 21.6. The highest BCUT2D eigenvalue weighted by Crippen LogP contribution is 2.44. The van der Waals surface area contributed by atoms with Gasteiger partial charge in [0.25, 0.3) is 0 Å². The summed E-state index contributed by atoms with van der Waals surface area (Å²) in [7, 11) is 0. The normalized spacial score (nSPS) is 11.8. The number of rotatable bonds is 6. The predicted molar refractivity (Wildman–Crippen MR) is 272 cm³/mol. The number of hydrogen-bond acceptors (Lipinski definition) is 2. The summed E-state index contributed by atoms with van der Waals surface area (Å²) >= 11 is 1.87. The van der Waals surface area contributed by atoms with E-state index in [2.05, 4.69) is 240 Å². The van der Waals surface area contributed by atoms with Gasteiger partial charge in [-0.1, -0.05) is 164 Å². The Morgan fingerprint density at radius 3 is 1.70 bits per heavy atom. The van der Waals surface area contributed by atoms with Crippen molar-refractivity contribution in [2.24, 2.45) is 0 Å². The topological polar surface area (TPSA) is 8.17 Å². The van der Waals surface area contributed by atoms with Gasteiger partial charge in [-0.15, -0.1) is 11.3 Å². The summed E-state index contributed by atoms with van der Waals surface area (Å²) in [6.45, 7) is 0. The van der Waals surface area contributed by atoms with Crippen molar-refractivity contribution in [3.05, 3.63) is 231 Å². The molecule has 294 valence electrons. The molecule has 0 saturated carbocycles. The Morgan fingerprint density at radius 1 is 0.333 bits per heavy atom. The minimum atomic E-state index is 1.10. The molecule has 0 unspecified atom stereocenters. The van der Waals surface area contributed by atoms with Gasteiger partial charge in [-0.2, -0.15) is 0 Å². The first-order valence-corrected chi connectivity index (χ1v) is 22.4. The van der Waals surface area contributed by atoms with E-state index in [0.29, 0.717) is 0 Å². The number of hydrogen-bond donors (Lipinski definition) is 0. The van der Waals surface area contributed by atoms with Gasteiger partial charge in [0.15, 0.2) is 0 Å². The highest BCUT2D eigenvalue weighted by molar-refractivity contribution is 7.25. The first kappa shape index (κ1) is 35.7. The van der Waals surface area contributed by atoms with Crippen LogP contribution >= 0.6 is 11.3 Å². The number of aromatic nitrogens is 1. The van der Waals surface area contributed by atoms with Crippen molar-refractivity contribution in [2.45, 2.75) is 0 Å². The fourth-order valence-corrected chi connectivity index (χ4v) is 11.1. The van der Waals surface area contributed by atoms with Gasteiger partial charge in [0.2, 0.25) is 0 Å². The molecule has 0 spiro atoms. The fraction of sp³-hybridized carbons (Fsp3) is 0. The average Bonchev–Trinajstić information content (AvgIpc) is 3.91. The van der Waals surface area contributed by atoms with Crippen LogP contribution in [0, 0.1) is 0 Å². The molecule has 0 aliphatic rings. The molecule has 2 nitrogen and oxygen atoms in total. The monoisotopic (exact) mass is 818 g/mol. The Bertz CT molecular complexity index is 3900. The van der Waals surface area contributed by atoms with Crippen LogP contribution in [0.25, 0.3) is 102 Å². The van der Waals surface area contributed by atoms with Crippen LogP contribution in [0.4, 0.5) is 17.1 Å². The van der Waals surface area contributed by atoms with Gasteiger partial charge in [-0.25, -0.2) is 0 Å². The van der Waals surface area contributed by atoms with Gasteiger partial charge >= 0.3 is 0 Å². The second-order valence-electron chi connectivity index (χ2n) is 16.5. The molecule has 0 aliphatic carbocycles. The molecule has 13 aromatic rings. The zero-order chi connectivity index (χ0) is 41.4. The number of fused-ring (bicyclic) bond motifs is 11. The van der Waals surface area contributed by atoms with Gasteiger partial charge in [-0.05, 0) is 116 Å². The maximum absolute atomic E-state index is 2.45. The van der Waals surface area contributed by atoms with E-state index in [9.17, 15) is 0 Å². The molecule has 2 aromatic heterocycles. The van der Waals surface area contributed by atoms with Crippen LogP contribution in [0.15, 0.2) is 231 Å². The Hall–Kier alpha value is -7.98. The molecular formula is C60H38N2S. The third-order valence-electron chi connectivity index (χ3n) is 13.0. The lowest BCUT2D eigenvalue weighted by atomic mass is 9.98. The summed E-state index contributed by atoms with van der Waals surface area (Å²) in [4.78, 5) is 2.40. The van der Waals surface area contributed by atoms with Crippen molar-refractivity contribution in [1.29, 1.82) is 0 Å². The number of anilines is 3. The number of nitrogens with zero attached hydrogens (tertiary/aromatic N) is 2. The molecule has 0 saturated heterocycles. The van der Waals surface area contributed by atoms with Crippen LogP contribution in [0.5, 0.6) is 0 Å². The molecule has 0 aliphatic heterocycles. The van der Waals surface area contributed by atoms with Crippen molar-refractivity contribution in [3.63, 3.8) is 0 Å². The third kappa shape index (κ3) is 5.78. The minimum Gasteiger partial charge on any atom is -0.310 e. The molecule has 63 heavy (non-hydrogen) atoms. The molecule has 0 fully saturated rings.